The lowest BCUT2D eigenvalue weighted by Crippen LogP contribution is -2.45. The number of rotatable bonds is 5. The van der Waals surface area contributed by atoms with E-state index in [0.717, 1.165) is 28.3 Å². The van der Waals surface area contributed by atoms with E-state index in [1.807, 2.05) is 6.92 Å². The van der Waals surface area contributed by atoms with E-state index >= 15 is 0 Å². The number of nitrogens with zero attached hydrogens (tertiary/aromatic N) is 1. The van der Waals surface area contributed by atoms with Crippen LogP contribution in [-0.2, 0) is 14.8 Å². The zero-order valence-corrected chi connectivity index (χ0v) is 15.5. The monoisotopic (exact) mass is 384 g/mol. The number of carbonyl (C=O) groups excluding carboxylic acids is 1. The van der Waals surface area contributed by atoms with E-state index in [4.69, 9.17) is 11.6 Å². The van der Waals surface area contributed by atoms with Gasteiger partial charge in [0, 0.05) is 10.7 Å². The molecule has 5 nitrogen and oxygen atoms in total. The maximum atomic E-state index is 13.1. The molecule has 0 radical (unpaired) electrons. The maximum absolute atomic E-state index is 13.1. The molecule has 0 unspecified atom stereocenters. The molecule has 0 heterocycles. The van der Waals surface area contributed by atoms with Crippen molar-refractivity contribution in [2.45, 2.75) is 19.9 Å². The zero-order chi connectivity index (χ0) is 18.8. The van der Waals surface area contributed by atoms with Crippen LogP contribution < -0.4 is 9.62 Å². The van der Waals surface area contributed by atoms with Crippen molar-refractivity contribution in [1.82, 2.24) is 0 Å². The Morgan fingerprint density at radius 2 is 1.80 bits per heavy atom. The Morgan fingerprint density at radius 1 is 1.20 bits per heavy atom. The predicted molar refractivity (Wildman–Crippen MR) is 98.0 cm³/mol. The van der Waals surface area contributed by atoms with Gasteiger partial charge in [0.2, 0.25) is 15.9 Å². The minimum absolute atomic E-state index is 0.202. The molecule has 134 valence electrons. The van der Waals surface area contributed by atoms with Crippen LogP contribution in [0.2, 0.25) is 5.02 Å². The molecular formula is C17H18ClFN2O3S. The van der Waals surface area contributed by atoms with E-state index in [0.29, 0.717) is 10.7 Å². The fourth-order valence-electron chi connectivity index (χ4n) is 2.31. The predicted octanol–water partition coefficient (Wildman–Crippen LogP) is 3.58. The van der Waals surface area contributed by atoms with Crippen LogP contribution >= 0.6 is 11.6 Å². The topological polar surface area (TPSA) is 66.5 Å². The number of aryl methyl sites for hydroxylation is 1. The number of hydrogen-bond acceptors (Lipinski definition) is 3. The number of anilines is 2. The number of sulfonamides is 1. The van der Waals surface area contributed by atoms with Crippen LogP contribution in [0.1, 0.15) is 12.5 Å². The van der Waals surface area contributed by atoms with Crippen molar-refractivity contribution < 1.29 is 17.6 Å². The summed E-state index contributed by atoms with van der Waals surface area (Å²) in [4.78, 5) is 12.5. The van der Waals surface area contributed by atoms with Crippen LogP contribution in [0.3, 0.4) is 0 Å². The Bertz CT molecular complexity index is 885. The Morgan fingerprint density at radius 3 is 2.32 bits per heavy atom. The zero-order valence-electron chi connectivity index (χ0n) is 14.0. The average Bonchev–Trinajstić information content (AvgIpc) is 2.51. The maximum Gasteiger partial charge on any atom is 0.247 e. The van der Waals surface area contributed by atoms with Crippen molar-refractivity contribution in [2.24, 2.45) is 0 Å². The summed E-state index contributed by atoms with van der Waals surface area (Å²) in [7, 11) is -3.76. The van der Waals surface area contributed by atoms with Crippen molar-refractivity contribution in [3.05, 3.63) is 58.9 Å². The molecule has 0 aliphatic carbocycles. The number of hydrogen-bond donors (Lipinski definition) is 1. The van der Waals surface area contributed by atoms with Gasteiger partial charge in [-0.05, 0) is 55.8 Å². The lowest BCUT2D eigenvalue weighted by molar-refractivity contribution is -0.116. The minimum atomic E-state index is -3.76. The first-order valence-corrected chi connectivity index (χ1v) is 9.64. The van der Waals surface area contributed by atoms with Crippen molar-refractivity contribution in [3.63, 3.8) is 0 Å². The number of carbonyl (C=O) groups is 1. The van der Waals surface area contributed by atoms with Gasteiger partial charge in [0.1, 0.15) is 11.9 Å². The summed E-state index contributed by atoms with van der Waals surface area (Å²) in [6.07, 6.45) is 0.989. The van der Waals surface area contributed by atoms with Gasteiger partial charge in [0.25, 0.3) is 0 Å². The highest BCUT2D eigenvalue weighted by Gasteiger charge is 2.29. The molecule has 0 saturated heterocycles. The molecule has 8 heteroatoms. The molecule has 1 amide bonds. The minimum Gasteiger partial charge on any atom is -0.324 e. The van der Waals surface area contributed by atoms with E-state index in [1.54, 1.807) is 18.2 Å². The van der Waals surface area contributed by atoms with Crippen LogP contribution in [0.25, 0.3) is 0 Å². The molecule has 0 saturated carbocycles. The van der Waals surface area contributed by atoms with Crippen molar-refractivity contribution in [1.29, 1.82) is 0 Å². The van der Waals surface area contributed by atoms with Crippen LogP contribution in [0, 0.1) is 12.7 Å². The number of amides is 1. The van der Waals surface area contributed by atoms with Gasteiger partial charge in [0.15, 0.2) is 0 Å². The molecule has 1 atom stereocenters. The standard InChI is InChI=1S/C17H18ClFN2O3S/c1-11-4-7-14(10-16(11)18)20-17(22)12(2)21(25(3,23)24)15-8-5-13(19)6-9-15/h4-10,12H,1-3H3,(H,20,22)/t12-/m1/s1. The Kier molecular flexibility index (Phi) is 5.69. The number of nitrogens with one attached hydrogen (secondary N) is 1. The second-order valence-electron chi connectivity index (χ2n) is 5.66. The molecule has 0 aromatic heterocycles. The molecule has 25 heavy (non-hydrogen) atoms. The Hall–Kier alpha value is -2.12. The van der Waals surface area contributed by atoms with E-state index in [2.05, 4.69) is 5.32 Å². The van der Waals surface area contributed by atoms with Gasteiger partial charge >= 0.3 is 0 Å². The van der Waals surface area contributed by atoms with Crippen LogP contribution in [0.15, 0.2) is 42.5 Å². The molecule has 0 bridgehead atoms. The van der Waals surface area contributed by atoms with Crippen LogP contribution in [-0.4, -0.2) is 26.6 Å². The van der Waals surface area contributed by atoms with Crippen LogP contribution in [0.4, 0.5) is 15.8 Å². The molecule has 1 N–H and O–H groups in total. The molecular weight excluding hydrogens is 367 g/mol. The molecule has 0 fully saturated rings. The first-order chi connectivity index (χ1) is 11.6. The van der Waals surface area contributed by atoms with Gasteiger partial charge < -0.3 is 5.32 Å². The second-order valence-corrected chi connectivity index (χ2v) is 7.93. The van der Waals surface area contributed by atoms with Crippen LogP contribution in [0.5, 0.6) is 0 Å². The number of halogens is 2. The molecule has 0 aliphatic heterocycles. The summed E-state index contributed by atoms with van der Waals surface area (Å²) in [5, 5.41) is 3.13. The summed E-state index contributed by atoms with van der Waals surface area (Å²) in [5.41, 5.74) is 1.52. The van der Waals surface area contributed by atoms with Gasteiger partial charge in [-0.15, -0.1) is 0 Å². The van der Waals surface area contributed by atoms with E-state index in [-0.39, 0.29) is 5.69 Å². The summed E-state index contributed by atoms with van der Waals surface area (Å²) in [6, 6.07) is 8.86. The normalized spacial score (nSPS) is 12.5. The largest absolute Gasteiger partial charge is 0.324 e. The van der Waals surface area contributed by atoms with Crippen molar-refractivity contribution in [2.75, 3.05) is 15.9 Å². The SMILES string of the molecule is Cc1ccc(NC(=O)[C@@H](C)N(c2ccc(F)cc2)S(C)(=O)=O)cc1Cl. The summed E-state index contributed by atoms with van der Waals surface area (Å²) in [6.45, 7) is 3.28. The lowest BCUT2D eigenvalue weighted by atomic mass is 10.2. The fourth-order valence-corrected chi connectivity index (χ4v) is 3.67. The molecule has 0 aliphatic rings. The Labute approximate surface area is 151 Å². The quantitative estimate of drug-likeness (QED) is 0.856. The van der Waals surface area contributed by atoms with Gasteiger partial charge in [0.05, 0.1) is 11.9 Å². The molecule has 2 aromatic carbocycles. The van der Waals surface area contributed by atoms with Crippen molar-refractivity contribution >= 4 is 38.9 Å². The second kappa shape index (κ2) is 7.41. The first kappa shape index (κ1) is 19.2. The summed E-state index contributed by atoms with van der Waals surface area (Å²) >= 11 is 6.03. The van der Waals surface area contributed by atoms with E-state index in [9.17, 15) is 17.6 Å². The Balaban J connectivity index is 2.29. The van der Waals surface area contributed by atoms with Gasteiger partial charge in [-0.3, -0.25) is 9.10 Å². The van der Waals surface area contributed by atoms with Gasteiger partial charge in [-0.1, -0.05) is 17.7 Å². The van der Waals surface area contributed by atoms with E-state index < -0.39 is 27.8 Å². The summed E-state index contributed by atoms with van der Waals surface area (Å²) in [5.74, 6) is -1.03. The smallest absolute Gasteiger partial charge is 0.247 e. The summed E-state index contributed by atoms with van der Waals surface area (Å²) < 4.78 is 38.3. The average molecular weight is 385 g/mol. The highest BCUT2D eigenvalue weighted by atomic mass is 35.5. The molecule has 2 rings (SSSR count). The molecule has 2 aromatic rings. The fraction of sp³-hybridized carbons (Fsp3) is 0.235. The van der Waals surface area contributed by atoms with Gasteiger partial charge in [-0.2, -0.15) is 0 Å². The first-order valence-electron chi connectivity index (χ1n) is 7.41. The molecule has 0 spiro atoms. The third-order valence-corrected chi connectivity index (χ3v) is 5.26. The number of benzene rings is 2. The lowest BCUT2D eigenvalue weighted by Gasteiger charge is -2.28. The third kappa shape index (κ3) is 4.70. The highest BCUT2D eigenvalue weighted by molar-refractivity contribution is 7.92. The van der Waals surface area contributed by atoms with Crippen molar-refractivity contribution in [3.8, 4) is 0 Å². The van der Waals surface area contributed by atoms with Gasteiger partial charge in [-0.25, -0.2) is 12.8 Å². The highest BCUT2D eigenvalue weighted by Crippen LogP contribution is 2.23. The third-order valence-electron chi connectivity index (χ3n) is 3.61. The van der Waals surface area contributed by atoms with E-state index in [1.165, 1.54) is 19.1 Å².